The second-order valence-corrected chi connectivity index (χ2v) is 5.69. The van der Waals surface area contributed by atoms with Crippen LogP contribution in [0.25, 0.3) is 10.8 Å². The third-order valence-corrected chi connectivity index (χ3v) is 3.46. The molecule has 0 atom stereocenters. The first-order chi connectivity index (χ1) is 11.4. The Bertz CT molecular complexity index is 817. The summed E-state index contributed by atoms with van der Waals surface area (Å²) in [4.78, 5) is 23.1. The zero-order valence-electron chi connectivity index (χ0n) is 13.9. The van der Waals surface area contributed by atoms with Gasteiger partial charge in [-0.1, -0.05) is 43.5 Å². The summed E-state index contributed by atoms with van der Waals surface area (Å²) in [7, 11) is 0. The first kappa shape index (κ1) is 17.5. The highest BCUT2D eigenvalue weighted by molar-refractivity contribution is 5.89. The highest BCUT2D eigenvalue weighted by atomic mass is 16.5. The van der Waals surface area contributed by atoms with Crippen molar-refractivity contribution in [3.8, 4) is 0 Å². The lowest BCUT2D eigenvalue weighted by molar-refractivity contribution is -0.141. The number of hydrogen-bond donors (Lipinski definition) is 0. The molecule has 24 heavy (non-hydrogen) atoms. The molecule has 0 bridgehead atoms. The van der Waals surface area contributed by atoms with Crippen molar-refractivity contribution >= 4 is 22.7 Å². The monoisotopic (exact) mass is 324 g/mol. The minimum absolute atomic E-state index is 0.165. The van der Waals surface area contributed by atoms with Crippen LogP contribution in [0, 0.1) is 0 Å². The van der Waals surface area contributed by atoms with Crippen molar-refractivity contribution < 1.29 is 19.1 Å². The number of carbonyl (C=O) groups is 2. The fourth-order valence-electron chi connectivity index (χ4n) is 2.14. The van der Waals surface area contributed by atoms with E-state index in [-0.39, 0.29) is 13.2 Å². The van der Waals surface area contributed by atoms with E-state index in [4.69, 9.17) is 9.47 Å². The van der Waals surface area contributed by atoms with Gasteiger partial charge in [-0.3, -0.25) is 0 Å². The summed E-state index contributed by atoms with van der Waals surface area (Å²) in [6.45, 7) is 10.7. The van der Waals surface area contributed by atoms with Gasteiger partial charge in [0, 0.05) is 11.1 Å². The molecule has 0 saturated heterocycles. The van der Waals surface area contributed by atoms with Crippen molar-refractivity contribution in [1.82, 2.24) is 0 Å². The van der Waals surface area contributed by atoms with E-state index in [1.54, 1.807) is 13.8 Å². The number of benzene rings is 2. The fraction of sp³-hybridized carbons (Fsp3) is 0.200. The summed E-state index contributed by atoms with van der Waals surface area (Å²) >= 11 is 0. The van der Waals surface area contributed by atoms with Gasteiger partial charge in [-0.05, 0) is 41.8 Å². The van der Waals surface area contributed by atoms with Gasteiger partial charge in [0.2, 0.25) is 0 Å². The van der Waals surface area contributed by atoms with Gasteiger partial charge in [0.05, 0.1) is 0 Å². The largest absolute Gasteiger partial charge is 0.457 e. The van der Waals surface area contributed by atoms with Gasteiger partial charge in [0.15, 0.2) is 0 Å². The smallest absolute Gasteiger partial charge is 0.333 e. The standard InChI is InChI=1S/C20H20O4/c1-13(2)19(21)23-11-15-8-9-16-6-5-7-17(18(16)10-15)12-24-20(22)14(3)4/h5-10H,1,3,11-12H2,2,4H3. The highest BCUT2D eigenvalue weighted by Gasteiger charge is 2.08. The van der Waals surface area contributed by atoms with Crippen LogP contribution in [0.15, 0.2) is 60.7 Å². The van der Waals surface area contributed by atoms with Crippen LogP contribution in [0.3, 0.4) is 0 Å². The normalized spacial score (nSPS) is 10.2. The fourth-order valence-corrected chi connectivity index (χ4v) is 2.14. The SMILES string of the molecule is C=C(C)C(=O)OCc1ccc2cccc(COC(=O)C(=C)C)c2c1. The Morgan fingerprint density at radius 1 is 0.917 bits per heavy atom. The molecule has 0 saturated carbocycles. The van der Waals surface area contributed by atoms with Crippen molar-refractivity contribution in [2.45, 2.75) is 27.1 Å². The third-order valence-electron chi connectivity index (χ3n) is 3.46. The average molecular weight is 324 g/mol. The van der Waals surface area contributed by atoms with Crippen LogP contribution in [-0.4, -0.2) is 11.9 Å². The molecule has 2 aromatic rings. The maximum absolute atomic E-state index is 11.6. The molecule has 124 valence electrons. The van der Waals surface area contributed by atoms with Crippen molar-refractivity contribution in [3.63, 3.8) is 0 Å². The lowest BCUT2D eigenvalue weighted by Crippen LogP contribution is -2.06. The molecule has 0 aromatic heterocycles. The molecule has 0 amide bonds. The Balaban J connectivity index is 2.21. The van der Waals surface area contributed by atoms with E-state index in [2.05, 4.69) is 13.2 Å². The zero-order valence-corrected chi connectivity index (χ0v) is 13.9. The van der Waals surface area contributed by atoms with Crippen LogP contribution in [0.4, 0.5) is 0 Å². The van der Waals surface area contributed by atoms with Gasteiger partial charge in [-0.25, -0.2) is 9.59 Å². The number of esters is 2. The van der Waals surface area contributed by atoms with E-state index in [0.717, 1.165) is 21.9 Å². The second-order valence-electron chi connectivity index (χ2n) is 5.69. The summed E-state index contributed by atoms with van der Waals surface area (Å²) in [6, 6.07) is 11.6. The Morgan fingerprint density at radius 3 is 2.17 bits per heavy atom. The number of carbonyl (C=O) groups excluding carboxylic acids is 2. The molecule has 0 aliphatic rings. The van der Waals surface area contributed by atoms with Gasteiger partial charge < -0.3 is 9.47 Å². The minimum atomic E-state index is -0.418. The number of ether oxygens (including phenoxy) is 2. The average Bonchev–Trinajstić information content (AvgIpc) is 2.56. The molecule has 0 heterocycles. The second kappa shape index (κ2) is 7.59. The molecule has 4 nitrogen and oxygen atoms in total. The summed E-state index contributed by atoms with van der Waals surface area (Å²) in [6.07, 6.45) is 0. The van der Waals surface area contributed by atoms with Crippen molar-refractivity contribution in [2.24, 2.45) is 0 Å². The molecule has 0 aliphatic heterocycles. The Hall–Kier alpha value is -2.88. The summed E-state index contributed by atoms with van der Waals surface area (Å²) in [5.41, 5.74) is 2.47. The van der Waals surface area contributed by atoms with Crippen molar-refractivity contribution in [1.29, 1.82) is 0 Å². The Kier molecular flexibility index (Phi) is 5.53. The van der Waals surface area contributed by atoms with Crippen molar-refractivity contribution in [3.05, 3.63) is 71.8 Å². The topological polar surface area (TPSA) is 52.6 Å². The van der Waals surface area contributed by atoms with Crippen LogP contribution in [-0.2, 0) is 32.3 Å². The van der Waals surface area contributed by atoms with E-state index in [0.29, 0.717) is 11.1 Å². The molecule has 0 fully saturated rings. The third kappa shape index (κ3) is 4.32. The predicted molar refractivity (Wildman–Crippen MR) is 93.2 cm³/mol. The predicted octanol–water partition coefficient (Wildman–Crippen LogP) is 4.08. The van der Waals surface area contributed by atoms with E-state index in [1.165, 1.54) is 0 Å². The number of fused-ring (bicyclic) bond motifs is 1. The maximum Gasteiger partial charge on any atom is 0.333 e. The number of rotatable bonds is 6. The van der Waals surface area contributed by atoms with Crippen LogP contribution in [0.2, 0.25) is 0 Å². The minimum Gasteiger partial charge on any atom is -0.457 e. The quantitative estimate of drug-likeness (QED) is 0.593. The molecule has 2 rings (SSSR count). The van der Waals surface area contributed by atoms with Crippen LogP contribution < -0.4 is 0 Å². The van der Waals surface area contributed by atoms with Gasteiger partial charge in [0.25, 0.3) is 0 Å². The maximum atomic E-state index is 11.6. The van der Waals surface area contributed by atoms with E-state index < -0.39 is 11.9 Å². The lowest BCUT2D eigenvalue weighted by Gasteiger charge is -2.10. The van der Waals surface area contributed by atoms with Gasteiger partial charge >= 0.3 is 11.9 Å². The van der Waals surface area contributed by atoms with Gasteiger partial charge in [-0.2, -0.15) is 0 Å². The van der Waals surface area contributed by atoms with Crippen molar-refractivity contribution in [2.75, 3.05) is 0 Å². The molecule has 4 heteroatoms. The summed E-state index contributed by atoms with van der Waals surface area (Å²) in [5.74, 6) is -0.836. The highest BCUT2D eigenvalue weighted by Crippen LogP contribution is 2.22. The van der Waals surface area contributed by atoms with Crippen LogP contribution in [0.1, 0.15) is 25.0 Å². The molecule has 0 N–H and O–H groups in total. The molecular formula is C20H20O4. The van der Waals surface area contributed by atoms with Crippen LogP contribution in [0.5, 0.6) is 0 Å². The lowest BCUT2D eigenvalue weighted by atomic mass is 10.0. The Morgan fingerprint density at radius 2 is 1.54 bits per heavy atom. The van der Waals surface area contributed by atoms with E-state index in [1.807, 2.05) is 36.4 Å². The molecular weight excluding hydrogens is 304 g/mol. The zero-order chi connectivity index (χ0) is 17.7. The van der Waals surface area contributed by atoms with Gasteiger partial charge in [0.1, 0.15) is 13.2 Å². The molecule has 0 unspecified atom stereocenters. The summed E-state index contributed by atoms with van der Waals surface area (Å²) < 4.78 is 10.4. The first-order valence-corrected chi connectivity index (χ1v) is 7.54. The Labute approximate surface area is 141 Å². The number of hydrogen-bond acceptors (Lipinski definition) is 4. The van der Waals surface area contributed by atoms with Crippen LogP contribution >= 0.6 is 0 Å². The first-order valence-electron chi connectivity index (χ1n) is 7.54. The van der Waals surface area contributed by atoms with Gasteiger partial charge in [-0.15, -0.1) is 0 Å². The van der Waals surface area contributed by atoms with E-state index in [9.17, 15) is 9.59 Å². The molecule has 0 radical (unpaired) electrons. The van der Waals surface area contributed by atoms with E-state index >= 15 is 0 Å². The molecule has 2 aromatic carbocycles. The molecule has 0 spiro atoms. The summed E-state index contributed by atoms with van der Waals surface area (Å²) in [5, 5.41) is 1.98. The molecule has 0 aliphatic carbocycles.